The second-order valence-electron chi connectivity index (χ2n) is 0.609. The highest BCUT2D eigenvalue weighted by atomic mass is 127. The molecular weight excluding hydrogens is 213 g/mol. The molecule has 0 aromatic carbocycles. The molecule has 5 heteroatoms. The highest BCUT2D eigenvalue weighted by molar-refractivity contribution is 4.00. The zero-order valence-corrected chi connectivity index (χ0v) is 6.08. The lowest BCUT2D eigenvalue weighted by Crippen LogP contribution is -3.98. The molecule has 0 rings (SSSR count). The Morgan fingerprint density at radius 1 is 1.71 bits per heavy atom. The molecule has 0 saturated carbocycles. The Bertz CT molecular complexity index is 24.1. The van der Waals surface area contributed by atoms with Gasteiger partial charge in [0.1, 0.15) is 0 Å². The van der Waals surface area contributed by atoms with Crippen LogP contribution in [0.5, 0.6) is 0 Å². The summed E-state index contributed by atoms with van der Waals surface area (Å²) in [6, 6.07) is 0. The Labute approximate surface area is 51.0 Å². The van der Waals surface area contributed by atoms with E-state index in [4.69, 9.17) is 16.0 Å². The molecule has 46 valence electrons. The van der Waals surface area contributed by atoms with Crippen LogP contribution in [0, 0.1) is 0 Å². The Morgan fingerprint density at radius 3 is 1.71 bits per heavy atom. The van der Waals surface area contributed by atoms with Crippen LogP contribution in [0.15, 0.2) is 0 Å². The molecule has 0 atom stereocenters. The maximum absolute atomic E-state index is 8.68. The van der Waals surface area contributed by atoms with Gasteiger partial charge in [-0.25, -0.2) is 0 Å². The van der Waals surface area contributed by atoms with E-state index in [1.54, 1.807) is 0 Å². The van der Waals surface area contributed by atoms with E-state index in [1.165, 1.54) is 0 Å². The van der Waals surface area contributed by atoms with Gasteiger partial charge >= 0.3 is 21.1 Å². The number of hydrogen-bond acceptors (Lipinski definition) is 4. The molecule has 0 heterocycles. The van der Waals surface area contributed by atoms with Crippen LogP contribution in [-0.4, -0.2) is 9.98 Å². The largest absolute Gasteiger partial charge is 0.503 e. The van der Waals surface area contributed by atoms with Crippen LogP contribution >= 0.6 is 0 Å². The van der Waals surface area contributed by atoms with Crippen LogP contribution in [-0.2, 0) is 0 Å². The zero-order chi connectivity index (χ0) is 6.28. The van der Waals surface area contributed by atoms with E-state index < -0.39 is 21.1 Å². The van der Waals surface area contributed by atoms with Crippen molar-refractivity contribution in [2.75, 3.05) is 6.54 Å². The van der Waals surface area contributed by atoms with E-state index in [-0.39, 0.29) is 0 Å². The lowest BCUT2D eigenvalue weighted by Gasteiger charge is -1.67. The van der Waals surface area contributed by atoms with Gasteiger partial charge in [0.15, 0.2) is 0 Å². The van der Waals surface area contributed by atoms with Crippen LogP contribution < -0.4 is 33.7 Å². The minimum Gasteiger partial charge on any atom is -0.396 e. The van der Waals surface area contributed by atoms with Gasteiger partial charge in [0.05, 0.1) is 0 Å². The first-order valence-electron chi connectivity index (χ1n) is 1.59. The molecule has 0 unspecified atom stereocenters. The summed E-state index contributed by atoms with van der Waals surface area (Å²) in [6.07, 6.45) is 0. The Kier molecular flexibility index (Phi) is 14.7. The van der Waals surface area contributed by atoms with Gasteiger partial charge in [-0.3, -0.25) is 0 Å². The molecule has 0 spiro atoms. The highest BCUT2D eigenvalue weighted by Crippen LogP contribution is 1.20. The van der Waals surface area contributed by atoms with Crippen molar-refractivity contribution >= 4 is 0 Å². The average molecular weight is 221 g/mol. The minimum atomic E-state index is -3.76. The number of nitrogens with two attached hydrogens (primary N) is 1. The predicted molar refractivity (Wildman–Crippen MR) is 16.9 cm³/mol. The van der Waals surface area contributed by atoms with Gasteiger partial charge in [0.2, 0.25) is 0 Å². The smallest absolute Gasteiger partial charge is 0.396 e. The van der Waals surface area contributed by atoms with Crippen LogP contribution in [0.4, 0.5) is 0 Å². The fourth-order valence-corrected chi connectivity index (χ4v) is 0. The first kappa shape index (κ1) is 10.5. The van der Waals surface area contributed by atoms with Crippen molar-refractivity contribution in [1.82, 2.24) is 0 Å². The van der Waals surface area contributed by atoms with Gasteiger partial charge in [0.25, 0.3) is 0 Å². The predicted octanol–water partition coefficient (Wildman–Crippen LogP) is -5.97. The first-order chi connectivity index (χ1) is 3.15. The van der Waals surface area contributed by atoms with E-state index in [0.717, 1.165) is 6.54 Å². The highest BCUT2D eigenvalue weighted by Gasteiger charge is 1.89. The lowest BCUT2D eigenvalue weighted by atomic mass is 10.8. The van der Waals surface area contributed by atoms with Crippen LogP contribution in [0.1, 0.15) is 6.92 Å². The van der Waals surface area contributed by atoms with E-state index in [0.29, 0.717) is 0 Å². The monoisotopic (exact) mass is 221 g/mol. The summed E-state index contributed by atoms with van der Waals surface area (Å²) in [5, 5.41) is 0. The summed E-state index contributed by atoms with van der Waals surface area (Å²) in [5.41, 5.74) is 4.85. The van der Waals surface area contributed by atoms with Crippen LogP contribution in [0.25, 0.3) is 0 Å². The summed E-state index contributed by atoms with van der Waals surface area (Å²) in [4.78, 5) is 0. The molecule has 0 fully saturated rings. The Morgan fingerprint density at radius 2 is 1.71 bits per heavy atom. The Hall–Kier alpha value is 0.570. The van der Waals surface area contributed by atoms with Crippen LogP contribution in [0.3, 0.4) is 0 Å². The molecule has 0 aromatic rings. The quantitative estimate of drug-likeness (QED) is 0.398. The molecule has 0 aliphatic heterocycles. The maximum Gasteiger partial charge on any atom is 0.503 e. The summed E-state index contributed by atoms with van der Waals surface area (Å²) in [6.45, 7) is 2.65. The number of rotatable bonds is 0. The number of hydrogen-bond donors (Lipinski definition) is 2. The molecule has 0 aliphatic rings. The fourth-order valence-electron chi connectivity index (χ4n) is 0. The summed E-state index contributed by atoms with van der Waals surface area (Å²) < 4.78 is 24.5. The van der Waals surface area contributed by atoms with Crippen molar-refractivity contribution < 1.29 is 31.4 Å². The number of halogens is 1. The van der Waals surface area contributed by atoms with Gasteiger partial charge < -0.3 is 12.6 Å². The minimum absolute atomic E-state index is 0.750. The molecule has 4 nitrogen and oxygen atoms in total. The molecule has 0 amide bonds. The SMILES string of the molecule is CCN.[O-][I+2]([O-])O. The molecule has 0 bridgehead atoms. The zero-order valence-electron chi connectivity index (χ0n) is 3.93. The molecule has 0 saturated heterocycles. The van der Waals surface area contributed by atoms with Gasteiger partial charge in [-0.05, 0) is 9.98 Å². The van der Waals surface area contributed by atoms with E-state index in [2.05, 4.69) is 0 Å². The molecule has 3 N–H and O–H groups in total. The second kappa shape index (κ2) is 9.76. The fraction of sp³-hybridized carbons (Fsp3) is 1.00. The van der Waals surface area contributed by atoms with E-state index in [9.17, 15) is 0 Å². The van der Waals surface area contributed by atoms with Crippen molar-refractivity contribution in [2.24, 2.45) is 5.73 Å². The summed E-state index contributed by atoms with van der Waals surface area (Å²) in [7, 11) is 0. The first-order valence-corrected chi connectivity index (χ1v) is 4.32. The maximum atomic E-state index is 8.68. The van der Waals surface area contributed by atoms with E-state index >= 15 is 0 Å². The van der Waals surface area contributed by atoms with E-state index in [1.807, 2.05) is 6.92 Å². The lowest BCUT2D eigenvalue weighted by molar-refractivity contribution is -1.63. The standard InChI is InChI=1S/C2H7N.HIO3/c1-2-3;2-1(3)4/h2-3H2,1H3;2H. The Balaban J connectivity index is 0. The normalized spacial score (nSPS) is 7.71. The summed E-state index contributed by atoms with van der Waals surface area (Å²) >= 11 is -3.76. The third-order valence-electron chi connectivity index (χ3n) is 0. The van der Waals surface area contributed by atoms with Crippen molar-refractivity contribution in [1.29, 1.82) is 0 Å². The molecule has 0 radical (unpaired) electrons. The topological polar surface area (TPSA) is 92.4 Å². The van der Waals surface area contributed by atoms with Gasteiger partial charge in [-0.1, -0.05) is 6.92 Å². The van der Waals surface area contributed by atoms with Gasteiger partial charge in [-0.2, -0.15) is 0 Å². The van der Waals surface area contributed by atoms with Crippen molar-refractivity contribution in [2.45, 2.75) is 6.92 Å². The molecular formula is C2H8INO3. The third-order valence-corrected chi connectivity index (χ3v) is 0. The molecule has 0 aromatic heterocycles. The van der Waals surface area contributed by atoms with Gasteiger partial charge in [-0.15, -0.1) is 0 Å². The van der Waals surface area contributed by atoms with Crippen molar-refractivity contribution in [3.05, 3.63) is 0 Å². The average Bonchev–Trinajstić information content (AvgIpc) is 1.33. The van der Waals surface area contributed by atoms with Crippen LogP contribution in [0.2, 0.25) is 0 Å². The van der Waals surface area contributed by atoms with Gasteiger partial charge in [0, 0.05) is 0 Å². The van der Waals surface area contributed by atoms with Crippen molar-refractivity contribution in [3.63, 3.8) is 0 Å². The molecule has 0 aliphatic carbocycles. The van der Waals surface area contributed by atoms with Crippen molar-refractivity contribution in [3.8, 4) is 0 Å². The third kappa shape index (κ3) is 422. The summed E-state index contributed by atoms with van der Waals surface area (Å²) in [5.74, 6) is 0. The molecule has 7 heavy (non-hydrogen) atoms. The second-order valence-corrected chi connectivity index (χ2v) is 1.76.